The fourth-order valence-electron chi connectivity index (χ4n) is 2.17. The second-order valence-corrected chi connectivity index (χ2v) is 8.71. The molecule has 0 aliphatic rings. The molecule has 0 unspecified atom stereocenters. The lowest BCUT2D eigenvalue weighted by molar-refractivity contribution is 0.888. The van der Waals surface area contributed by atoms with Crippen molar-refractivity contribution in [3.05, 3.63) is 73.3 Å². The summed E-state index contributed by atoms with van der Waals surface area (Å²) in [5.74, 6) is 0. The van der Waals surface area contributed by atoms with Crippen LogP contribution in [-0.4, -0.2) is 29.5 Å². The van der Waals surface area contributed by atoms with Crippen LogP contribution in [0, 0.1) is 0 Å². The Hall–Kier alpha value is -2.23. The average Bonchev–Trinajstić information content (AvgIpc) is 3.33. The molecule has 2 heterocycles. The van der Waals surface area contributed by atoms with E-state index in [1.54, 1.807) is 22.5 Å². The van der Waals surface area contributed by atoms with Crippen molar-refractivity contribution >= 4 is 31.4 Å². The van der Waals surface area contributed by atoms with Gasteiger partial charge in [0, 0.05) is 11.4 Å². The van der Waals surface area contributed by atoms with Gasteiger partial charge in [-0.1, -0.05) is 36.4 Å². The van der Waals surface area contributed by atoms with Crippen molar-refractivity contribution in [3.8, 4) is 11.4 Å². The van der Waals surface area contributed by atoms with Crippen molar-refractivity contribution in [2.24, 2.45) is 0 Å². The largest absolute Gasteiger partial charge is 0.276 e. The highest BCUT2D eigenvalue weighted by Gasteiger charge is 2.11. The summed E-state index contributed by atoms with van der Waals surface area (Å²) < 4.78 is 3.92. The Morgan fingerprint density at radius 2 is 1.04 bits per heavy atom. The topological polar surface area (TPSA) is 61.4 Å². The molecule has 25 heavy (non-hydrogen) atoms. The quantitative estimate of drug-likeness (QED) is 0.459. The van der Waals surface area contributed by atoms with Crippen molar-refractivity contribution in [3.63, 3.8) is 0 Å². The third kappa shape index (κ3) is 3.73. The second kappa shape index (κ2) is 7.77. The van der Waals surface area contributed by atoms with Gasteiger partial charge in [0.2, 0.25) is 10.3 Å². The van der Waals surface area contributed by atoms with Gasteiger partial charge in [-0.25, -0.2) is 0 Å². The highest BCUT2D eigenvalue weighted by Crippen LogP contribution is 2.43. The second-order valence-electron chi connectivity index (χ2n) is 4.87. The molecule has 0 radical (unpaired) electrons. The monoisotopic (exact) mass is 384 g/mol. The Morgan fingerprint density at radius 1 is 0.600 bits per heavy atom. The molecule has 124 valence electrons. The molecule has 2 aromatic carbocycles. The summed E-state index contributed by atoms with van der Waals surface area (Å²) in [7, 11) is 4.65. The van der Waals surface area contributed by atoms with Crippen molar-refractivity contribution in [2.45, 2.75) is 10.3 Å². The number of rotatable bonds is 6. The first-order chi connectivity index (χ1) is 12.4. The van der Waals surface area contributed by atoms with E-state index in [0.717, 1.165) is 21.7 Å². The van der Waals surface area contributed by atoms with Gasteiger partial charge in [-0.2, -0.15) is 0 Å². The van der Waals surface area contributed by atoms with Crippen LogP contribution in [0.3, 0.4) is 0 Å². The molecule has 2 aromatic heterocycles. The minimum absolute atomic E-state index is 0.814. The molecule has 0 aliphatic heterocycles. The number of hydrogen-bond acceptors (Lipinski definition) is 7. The summed E-state index contributed by atoms with van der Waals surface area (Å²) in [5, 5.41) is 18.0. The van der Waals surface area contributed by atoms with Crippen LogP contribution in [0.5, 0.6) is 0 Å². The first-order valence-corrected chi connectivity index (χ1v) is 10.8. The lowest BCUT2D eigenvalue weighted by Crippen LogP contribution is -1.93. The van der Waals surface area contributed by atoms with E-state index in [2.05, 4.69) is 20.4 Å². The van der Waals surface area contributed by atoms with Crippen molar-refractivity contribution in [1.82, 2.24) is 29.5 Å². The van der Waals surface area contributed by atoms with Crippen molar-refractivity contribution < 1.29 is 0 Å². The lowest BCUT2D eigenvalue weighted by atomic mass is 10.3. The fraction of sp³-hybridized carbons (Fsp3) is 0. The summed E-state index contributed by atoms with van der Waals surface area (Å²) >= 11 is 0. The maximum Gasteiger partial charge on any atom is 0.207 e. The first kappa shape index (κ1) is 16.2. The molecule has 0 N–H and O–H groups in total. The van der Waals surface area contributed by atoms with E-state index < -0.39 is 0 Å². The number of benzene rings is 2. The summed E-state index contributed by atoms with van der Waals surface area (Å²) in [6, 6.07) is 20.1. The van der Waals surface area contributed by atoms with E-state index in [0.29, 0.717) is 0 Å². The van der Waals surface area contributed by atoms with Crippen LogP contribution in [0.15, 0.2) is 83.6 Å². The predicted molar refractivity (Wildman–Crippen MR) is 102 cm³/mol. The normalized spacial score (nSPS) is 10.9. The van der Waals surface area contributed by atoms with Gasteiger partial charge in [-0.05, 0) is 55.7 Å². The zero-order chi connectivity index (χ0) is 16.9. The maximum atomic E-state index is 4.19. The molecule has 0 saturated heterocycles. The van der Waals surface area contributed by atoms with Crippen LogP contribution in [0.1, 0.15) is 0 Å². The van der Waals surface area contributed by atoms with Gasteiger partial charge in [-0.3, -0.25) is 9.13 Å². The summed E-state index contributed by atoms with van der Waals surface area (Å²) in [5.41, 5.74) is 2.07. The van der Waals surface area contributed by atoms with E-state index in [-0.39, 0.29) is 0 Å². The molecule has 0 amide bonds. The zero-order valence-corrected chi connectivity index (χ0v) is 15.3. The summed E-state index contributed by atoms with van der Waals surface area (Å²) in [4.78, 5) is 0. The molecule has 0 aliphatic carbocycles. The highest BCUT2D eigenvalue weighted by atomic mass is 33.5. The molecule has 0 saturated carbocycles. The van der Waals surface area contributed by atoms with Gasteiger partial charge >= 0.3 is 0 Å². The molecule has 0 spiro atoms. The molecular formula is C16H12N6S3. The fourth-order valence-corrected chi connectivity index (χ4v) is 5.50. The minimum Gasteiger partial charge on any atom is -0.276 e. The van der Waals surface area contributed by atoms with Gasteiger partial charge in [0.1, 0.15) is 12.7 Å². The predicted octanol–water partition coefficient (Wildman–Crippen LogP) is 4.30. The van der Waals surface area contributed by atoms with Crippen LogP contribution in [0.25, 0.3) is 11.4 Å². The van der Waals surface area contributed by atoms with Gasteiger partial charge in [0.05, 0.1) is 0 Å². The van der Waals surface area contributed by atoms with Crippen molar-refractivity contribution in [2.75, 3.05) is 0 Å². The third-order valence-electron chi connectivity index (χ3n) is 3.32. The average molecular weight is 385 g/mol. The molecule has 4 aromatic rings. The number of hydrogen-bond donors (Lipinski definition) is 0. The maximum absolute atomic E-state index is 4.19. The summed E-state index contributed by atoms with van der Waals surface area (Å²) in [6.07, 6.45) is 3.44. The van der Waals surface area contributed by atoms with Crippen LogP contribution in [-0.2, 0) is 0 Å². The van der Waals surface area contributed by atoms with Crippen LogP contribution >= 0.6 is 31.4 Å². The molecule has 0 atom stereocenters. The van der Waals surface area contributed by atoms with Gasteiger partial charge < -0.3 is 0 Å². The van der Waals surface area contributed by atoms with Gasteiger partial charge in [0.15, 0.2) is 0 Å². The Balaban J connectivity index is 1.45. The van der Waals surface area contributed by atoms with E-state index >= 15 is 0 Å². The van der Waals surface area contributed by atoms with Crippen LogP contribution in [0.2, 0.25) is 0 Å². The smallest absolute Gasteiger partial charge is 0.207 e. The van der Waals surface area contributed by atoms with Crippen LogP contribution < -0.4 is 0 Å². The van der Waals surface area contributed by atoms with E-state index in [1.807, 2.05) is 69.8 Å². The highest BCUT2D eigenvalue weighted by molar-refractivity contribution is 9.09. The molecular weight excluding hydrogens is 372 g/mol. The van der Waals surface area contributed by atoms with E-state index in [4.69, 9.17) is 0 Å². The zero-order valence-electron chi connectivity index (χ0n) is 12.8. The van der Waals surface area contributed by atoms with Crippen molar-refractivity contribution in [1.29, 1.82) is 0 Å². The molecule has 4 rings (SSSR count). The Labute approximate surface area is 155 Å². The van der Waals surface area contributed by atoms with Crippen LogP contribution in [0.4, 0.5) is 0 Å². The van der Waals surface area contributed by atoms with Gasteiger partial charge in [0.25, 0.3) is 0 Å². The lowest BCUT2D eigenvalue weighted by Gasteiger charge is -2.06. The third-order valence-corrected chi connectivity index (χ3v) is 6.84. The van der Waals surface area contributed by atoms with E-state index in [9.17, 15) is 0 Å². The minimum atomic E-state index is 0.814. The molecule has 9 heteroatoms. The number of para-hydroxylation sites is 2. The SMILES string of the molecule is c1ccc(-n2cnnc2SSSc2nncn2-c2ccccc2)cc1. The Bertz CT molecular complexity index is 861. The summed E-state index contributed by atoms with van der Waals surface area (Å²) in [6.45, 7) is 0. The Kier molecular flexibility index (Phi) is 5.05. The standard InChI is InChI=1S/C16H12N6S3/c1-3-7-13(8-4-1)21-11-17-19-15(21)23-25-24-16-20-18-12-22(16)14-9-5-2-6-10-14/h1-12H. The van der Waals surface area contributed by atoms with E-state index in [1.165, 1.54) is 21.6 Å². The Morgan fingerprint density at radius 3 is 1.48 bits per heavy atom. The molecule has 6 nitrogen and oxygen atoms in total. The molecule has 0 bridgehead atoms. The van der Waals surface area contributed by atoms with Gasteiger partial charge in [-0.15, -0.1) is 20.4 Å². The number of aromatic nitrogens is 6. The molecule has 0 fully saturated rings. The number of nitrogens with zero attached hydrogens (tertiary/aromatic N) is 6. The first-order valence-electron chi connectivity index (χ1n) is 7.34.